The van der Waals surface area contributed by atoms with Crippen molar-refractivity contribution in [2.24, 2.45) is 5.41 Å². The Hall–Kier alpha value is -2.23. The number of carbonyl (C=O) groups is 1. The van der Waals surface area contributed by atoms with Gasteiger partial charge < -0.3 is 10.2 Å². The SMILES string of the molecule is C[C@@H]1CNc2nc(Cl)ccc2C(=O)N1C1CC2(C1)CN(S(=O)(=O)c1ccccc1F)C2. The predicted octanol–water partition coefficient (Wildman–Crippen LogP) is 2.98. The smallest absolute Gasteiger partial charge is 0.258 e. The molecule has 1 saturated heterocycles. The van der Waals surface area contributed by atoms with E-state index >= 15 is 0 Å². The van der Waals surface area contributed by atoms with E-state index in [-0.39, 0.29) is 28.3 Å². The molecular formula is C21H22ClFN4O3S. The molecule has 1 spiro atoms. The van der Waals surface area contributed by atoms with Crippen LogP contribution < -0.4 is 5.32 Å². The van der Waals surface area contributed by atoms with Crippen LogP contribution in [0.3, 0.4) is 0 Å². The van der Waals surface area contributed by atoms with Gasteiger partial charge in [-0.3, -0.25) is 4.79 Å². The van der Waals surface area contributed by atoms with E-state index in [1.165, 1.54) is 22.5 Å². The molecular weight excluding hydrogens is 443 g/mol. The Morgan fingerprint density at radius 3 is 2.61 bits per heavy atom. The van der Waals surface area contributed by atoms with E-state index < -0.39 is 15.8 Å². The zero-order valence-corrected chi connectivity index (χ0v) is 18.5. The molecule has 3 aliphatic rings. The van der Waals surface area contributed by atoms with Crippen LogP contribution in [0.5, 0.6) is 0 Å². The van der Waals surface area contributed by atoms with Crippen molar-refractivity contribution < 1.29 is 17.6 Å². The van der Waals surface area contributed by atoms with E-state index in [4.69, 9.17) is 11.6 Å². The summed E-state index contributed by atoms with van der Waals surface area (Å²) < 4.78 is 40.8. The molecule has 0 bridgehead atoms. The number of halogens is 2. The minimum Gasteiger partial charge on any atom is -0.367 e. The topological polar surface area (TPSA) is 82.6 Å². The molecule has 1 atom stereocenters. The van der Waals surface area contributed by atoms with Crippen molar-refractivity contribution in [3.05, 3.63) is 52.9 Å². The standard InChI is InChI=1S/C21H22ClFN4O3S/c1-13-10-24-19-15(6-7-18(22)25-19)20(28)27(13)14-8-21(9-14)11-26(12-21)31(29,30)17-5-3-2-4-16(17)23/h2-7,13-14H,8-12H2,1H3,(H,24,25)/t13-/m1/s1. The fraction of sp³-hybridized carbons (Fsp3) is 0.429. The summed E-state index contributed by atoms with van der Waals surface area (Å²) >= 11 is 5.97. The Morgan fingerprint density at radius 1 is 1.19 bits per heavy atom. The van der Waals surface area contributed by atoms with Gasteiger partial charge in [0.15, 0.2) is 0 Å². The van der Waals surface area contributed by atoms with Gasteiger partial charge in [0.1, 0.15) is 21.7 Å². The van der Waals surface area contributed by atoms with Crippen molar-refractivity contribution in [2.75, 3.05) is 25.0 Å². The van der Waals surface area contributed by atoms with Gasteiger partial charge in [-0.15, -0.1) is 0 Å². The van der Waals surface area contributed by atoms with E-state index in [9.17, 15) is 17.6 Å². The molecule has 5 rings (SSSR count). The lowest BCUT2D eigenvalue weighted by Crippen LogP contribution is -2.68. The summed E-state index contributed by atoms with van der Waals surface area (Å²) in [6.07, 6.45) is 1.45. The van der Waals surface area contributed by atoms with Crippen molar-refractivity contribution in [1.29, 1.82) is 0 Å². The molecule has 2 fully saturated rings. The first-order chi connectivity index (χ1) is 14.7. The summed E-state index contributed by atoms with van der Waals surface area (Å²) in [6.45, 7) is 3.24. The number of anilines is 1. The first-order valence-corrected chi connectivity index (χ1v) is 12.0. The number of benzene rings is 1. The summed E-state index contributed by atoms with van der Waals surface area (Å²) in [5.41, 5.74) is 0.344. The van der Waals surface area contributed by atoms with Gasteiger partial charge in [-0.25, -0.2) is 17.8 Å². The van der Waals surface area contributed by atoms with Crippen molar-refractivity contribution >= 4 is 33.3 Å². The number of nitrogens with one attached hydrogen (secondary N) is 1. The van der Waals surface area contributed by atoms with E-state index in [2.05, 4.69) is 10.3 Å². The highest BCUT2D eigenvalue weighted by molar-refractivity contribution is 7.89. The number of aromatic nitrogens is 1. The number of amides is 1. The fourth-order valence-electron chi connectivity index (χ4n) is 5.01. The number of carbonyl (C=O) groups excluding carboxylic acids is 1. The summed E-state index contributed by atoms with van der Waals surface area (Å²) in [6, 6.07) is 8.72. The van der Waals surface area contributed by atoms with Gasteiger partial charge in [-0.2, -0.15) is 4.31 Å². The summed E-state index contributed by atoms with van der Waals surface area (Å²) in [5.74, 6) is -0.336. The average molecular weight is 465 g/mol. The highest BCUT2D eigenvalue weighted by Crippen LogP contribution is 2.52. The van der Waals surface area contributed by atoms with Gasteiger partial charge in [0.2, 0.25) is 10.0 Å². The van der Waals surface area contributed by atoms with Crippen molar-refractivity contribution in [1.82, 2.24) is 14.2 Å². The van der Waals surface area contributed by atoms with E-state index in [1.54, 1.807) is 12.1 Å². The van der Waals surface area contributed by atoms with Gasteiger partial charge >= 0.3 is 0 Å². The van der Waals surface area contributed by atoms with Crippen LogP contribution in [0.2, 0.25) is 5.15 Å². The highest BCUT2D eigenvalue weighted by Gasteiger charge is 2.58. The number of sulfonamides is 1. The van der Waals surface area contributed by atoms with Crippen LogP contribution >= 0.6 is 11.6 Å². The van der Waals surface area contributed by atoms with E-state index in [1.807, 2.05) is 11.8 Å². The lowest BCUT2D eigenvalue weighted by atomic mass is 9.61. The summed E-state index contributed by atoms with van der Waals surface area (Å²) in [7, 11) is -3.85. The maximum atomic E-state index is 14.0. The van der Waals surface area contributed by atoms with Gasteiger partial charge in [-0.05, 0) is 44.0 Å². The quantitative estimate of drug-likeness (QED) is 0.706. The normalized spacial score (nSPS) is 23.5. The number of hydrogen-bond acceptors (Lipinski definition) is 5. The fourth-order valence-corrected chi connectivity index (χ4v) is 6.89. The monoisotopic (exact) mass is 464 g/mol. The first-order valence-electron chi connectivity index (χ1n) is 10.2. The van der Waals surface area contributed by atoms with Crippen LogP contribution in [0, 0.1) is 11.2 Å². The molecule has 1 amide bonds. The summed E-state index contributed by atoms with van der Waals surface area (Å²) in [4.78, 5) is 19.0. The Bertz CT molecular complexity index is 1160. The van der Waals surface area contributed by atoms with Gasteiger partial charge in [0.25, 0.3) is 5.91 Å². The van der Waals surface area contributed by atoms with Crippen molar-refractivity contribution in [2.45, 2.75) is 36.7 Å². The van der Waals surface area contributed by atoms with Crippen LogP contribution in [-0.2, 0) is 10.0 Å². The Morgan fingerprint density at radius 2 is 1.90 bits per heavy atom. The van der Waals surface area contributed by atoms with E-state index in [0.29, 0.717) is 36.2 Å². The van der Waals surface area contributed by atoms with Crippen LogP contribution in [0.25, 0.3) is 0 Å². The molecule has 2 aromatic rings. The molecule has 7 nitrogen and oxygen atoms in total. The molecule has 1 aliphatic carbocycles. The highest BCUT2D eigenvalue weighted by atomic mass is 35.5. The molecule has 1 aromatic heterocycles. The number of hydrogen-bond donors (Lipinski definition) is 1. The second-order valence-corrected chi connectivity index (χ2v) is 11.0. The Labute approximate surface area is 185 Å². The molecule has 1 N–H and O–H groups in total. The van der Waals surface area contributed by atoms with Crippen LogP contribution in [0.1, 0.15) is 30.1 Å². The maximum absolute atomic E-state index is 14.0. The molecule has 10 heteroatoms. The molecule has 0 radical (unpaired) electrons. The lowest BCUT2D eigenvalue weighted by Gasteiger charge is -2.60. The van der Waals surface area contributed by atoms with Gasteiger partial charge in [-0.1, -0.05) is 23.7 Å². The van der Waals surface area contributed by atoms with Crippen molar-refractivity contribution in [3.8, 4) is 0 Å². The maximum Gasteiger partial charge on any atom is 0.258 e. The first kappa shape index (κ1) is 20.7. The predicted molar refractivity (Wildman–Crippen MR) is 114 cm³/mol. The molecule has 164 valence electrons. The van der Waals surface area contributed by atoms with Crippen molar-refractivity contribution in [3.63, 3.8) is 0 Å². The number of rotatable bonds is 3. The lowest BCUT2D eigenvalue weighted by molar-refractivity contribution is -0.0727. The number of nitrogens with zero attached hydrogens (tertiary/aromatic N) is 3. The molecule has 3 heterocycles. The third-order valence-electron chi connectivity index (χ3n) is 6.57. The van der Waals surface area contributed by atoms with Gasteiger partial charge in [0, 0.05) is 37.1 Å². The summed E-state index contributed by atoms with van der Waals surface area (Å²) in [5, 5.41) is 3.52. The Kier molecular flexibility index (Phi) is 4.76. The number of pyridine rings is 1. The minimum absolute atomic E-state index is 0.0317. The molecule has 2 aliphatic heterocycles. The third-order valence-corrected chi connectivity index (χ3v) is 8.61. The second-order valence-electron chi connectivity index (χ2n) is 8.74. The molecule has 1 aromatic carbocycles. The van der Waals surface area contributed by atoms with Crippen LogP contribution in [0.4, 0.5) is 10.2 Å². The molecule has 0 unspecified atom stereocenters. The minimum atomic E-state index is -3.85. The zero-order valence-electron chi connectivity index (χ0n) is 16.9. The van der Waals surface area contributed by atoms with Gasteiger partial charge in [0.05, 0.1) is 5.56 Å². The third kappa shape index (κ3) is 3.30. The van der Waals surface area contributed by atoms with E-state index in [0.717, 1.165) is 18.9 Å². The molecule has 31 heavy (non-hydrogen) atoms. The van der Waals surface area contributed by atoms with Crippen LogP contribution in [-0.4, -0.2) is 60.2 Å². The van der Waals surface area contributed by atoms with Crippen LogP contribution in [0.15, 0.2) is 41.3 Å². The average Bonchev–Trinajstić information content (AvgIpc) is 2.77. The largest absolute Gasteiger partial charge is 0.367 e. The second kappa shape index (κ2) is 7.15. The zero-order chi connectivity index (χ0) is 22.0. The Balaban J connectivity index is 1.29. The number of fused-ring (bicyclic) bond motifs is 1. The molecule has 1 saturated carbocycles.